The molecule has 0 saturated carbocycles. The Morgan fingerprint density at radius 1 is 1.19 bits per heavy atom. The summed E-state index contributed by atoms with van der Waals surface area (Å²) in [6.07, 6.45) is 5.03. The molecule has 4 atom stereocenters. The maximum Gasteiger partial charge on any atom is 0.234 e. The van der Waals surface area contributed by atoms with Gasteiger partial charge in [-0.05, 0) is 39.2 Å². The molecule has 0 spiro atoms. The summed E-state index contributed by atoms with van der Waals surface area (Å²) < 4.78 is 10.9. The van der Waals surface area contributed by atoms with Gasteiger partial charge in [0, 0.05) is 24.6 Å². The summed E-state index contributed by atoms with van der Waals surface area (Å²) in [5.41, 5.74) is 0. The molecule has 6 nitrogen and oxygen atoms in total. The fourth-order valence-electron chi connectivity index (χ4n) is 4.15. The molecule has 1 aromatic heterocycles. The van der Waals surface area contributed by atoms with Crippen molar-refractivity contribution in [3.8, 4) is 0 Å². The molecule has 2 bridgehead atoms. The van der Waals surface area contributed by atoms with E-state index in [0.717, 1.165) is 18.7 Å². The van der Waals surface area contributed by atoms with E-state index in [0.29, 0.717) is 43.5 Å². The maximum absolute atomic E-state index is 10.1. The summed E-state index contributed by atoms with van der Waals surface area (Å²) in [5, 5.41) is 14.3. The highest BCUT2D eigenvalue weighted by molar-refractivity contribution is 5.07. The standard InChI is InChI=1S/C15H23N3O3/c1-18-10-2-3-11(18)7-9(6-10)14-16-15(21-17-14)12-8-20-5-4-13(12)19/h9-13,19H,2-8H2,1H3. The number of rotatable bonds is 2. The molecule has 3 aliphatic rings. The van der Waals surface area contributed by atoms with E-state index < -0.39 is 6.10 Å². The van der Waals surface area contributed by atoms with Crippen LogP contribution in [0.2, 0.25) is 0 Å². The summed E-state index contributed by atoms with van der Waals surface area (Å²) in [7, 11) is 2.23. The highest BCUT2D eigenvalue weighted by Gasteiger charge is 2.41. The van der Waals surface area contributed by atoms with E-state index >= 15 is 0 Å². The number of ether oxygens (including phenoxy) is 1. The third-order valence-corrected chi connectivity index (χ3v) is 5.56. The molecule has 1 aromatic rings. The minimum absolute atomic E-state index is 0.164. The average Bonchev–Trinajstić information content (AvgIpc) is 3.02. The maximum atomic E-state index is 10.1. The van der Waals surface area contributed by atoms with Crippen LogP contribution in [0, 0.1) is 0 Å². The Balaban J connectivity index is 1.50. The lowest BCUT2D eigenvalue weighted by Gasteiger charge is -2.34. The van der Waals surface area contributed by atoms with Crippen molar-refractivity contribution in [2.24, 2.45) is 0 Å². The van der Waals surface area contributed by atoms with Crippen molar-refractivity contribution in [3.05, 3.63) is 11.7 Å². The van der Waals surface area contributed by atoms with E-state index in [1.165, 1.54) is 12.8 Å². The van der Waals surface area contributed by atoms with Gasteiger partial charge < -0.3 is 19.3 Å². The predicted octanol–water partition coefficient (Wildman–Crippen LogP) is 1.27. The van der Waals surface area contributed by atoms with Crippen LogP contribution in [0.1, 0.15) is 55.7 Å². The normalized spacial score (nSPS) is 40.6. The molecule has 0 amide bonds. The van der Waals surface area contributed by atoms with Gasteiger partial charge in [0.1, 0.15) is 0 Å². The molecule has 4 heterocycles. The lowest BCUT2D eigenvalue weighted by molar-refractivity contribution is -0.0149. The van der Waals surface area contributed by atoms with E-state index in [-0.39, 0.29) is 5.92 Å². The fourth-order valence-corrected chi connectivity index (χ4v) is 4.15. The molecule has 4 rings (SSSR count). The zero-order valence-electron chi connectivity index (χ0n) is 12.4. The largest absolute Gasteiger partial charge is 0.392 e. The van der Waals surface area contributed by atoms with Crippen LogP contribution >= 0.6 is 0 Å². The van der Waals surface area contributed by atoms with Crippen molar-refractivity contribution >= 4 is 0 Å². The monoisotopic (exact) mass is 293 g/mol. The van der Waals surface area contributed by atoms with E-state index in [1.807, 2.05) is 0 Å². The van der Waals surface area contributed by atoms with Gasteiger partial charge >= 0.3 is 0 Å². The van der Waals surface area contributed by atoms with Crippen LogP contribution in [-0.4, -0.2) is 58.6 Å². The van der Waals surface area contributed by atoms with Crippen LogP contribution < -0.4 is 0 Å². The number of hydrogen-bond donors (Lipinski definition) is 1. The fraction of sp³-hybridized carbons (Fsp3) is 0.867. The first-order valence-corrected chi connectivity index (χ1v) is 8.03. The van der Waals surface area contributed by atoms with Gasteiger partial charge in [0.25, 0.3) is 0 Å². The van der Waals surface area contributed by atoms with Crippen LogP contribution in [0.15, 0.2) is 4.52 Å². The molecule has 0 aliphatic carbocycles. The minimum atomic E-state index is -0.430. The Labute approximate surface area is 124 Å². The van der Waals surface area contributed by atoms with Crippen molar-refractivity contribution in [1.82, 2.24) is 15.0 Å². The van der Waals surface area contributed by atoms with E-state index in [1.54, 1.807) is 0 Å². The Kier molecular flexibility index (Phi) is 3.47. The van der Waals surface area contributed by atoms with Crippen molar-refractivity contribution in [2.45, 2.75) is 62.1 Å². The second-order valence-electron chi connectivity index (χ2n) is 6.75. The van der Waals surface area contributed by atoms with Crippen molar-refractivity contribution < 1.29 is 14.4 Å². The van der Waals surface area contributed by atoms with E-state index in [2.05, 4.69) is 22.1 Å². The SMILES string of the molecule is CN1C2CCC1CC(c1noc(C3COCCC3O)n1)C2. The van der Waals surface area contributed by atoms with Gasteiger partial charge in [-0.2, -0.15) is 4.98 Å². The number of aromatic nitrogens is 2. The number of aliphatic hydroxyl groups is 1. The summed E-state index contributed by atoms with van der Waals surface area (Å²) >= 11 is 0. The third kappa shape index (κ3) is 2.39. The van der Waals surface area contributed by atoms with Crippen LogP contribution in [0.25, 0.3) is 0 Å². The second-order valence-corrected chi connectivity index (χ2v) is 6.75. The Morgan fingerprint density at radius 3 is 2.67 bits per heavy atom. The quantitative estimate of drug-likeness (QED) is 0.885. The summed E-state index contributed by atoms with van der Waals surface area (Å²) in [6, 6.07) is 1.33. The highest BCUT2D eigenvalue weighted by Crippen LogP contribution is 2.41. The number of aliphatic hydroxyl groups excluding tert-OH is 1. The molecule has 6 heteroatoms. The minimum Gasteiger partial charge on any atom is -0.392 e. The number of nitrogens with zero attached hydrogens (tertiary/aromatic N) is 3. The topological polar surface area (TPSA) is 71.6 Å². The molecule has 116 valence electrons. The lowest BCUT2D eigenvalue weighted by Crippen LogP contribution is -2.39. The van der Waals surface area contributed by atoms with Gasteiger partial charge in [0.15, 0.2) is 5.82 Å². The highest BCUT2D eigenvalue weighted by atomic mass is 16.5. The Hall–Kier alpha value is -0.980. The summed E-state index contributed by atoms with van der Waals surface area (Å²) in [4.78, 5) is 7.10. The smallest absolute Gasteiger partial charge is 0.234 e. The lowest BCUT2D eigenvalue weighted by atomic mass is 9.90. The molecule has 3 saturated heterocycles. The molecular weight excluding hydrogens is 270 g/mol. The molecule has 4 unspecified atom stereocenters. The first-order valence-electron chi connectivity index (χ1n) is 8.03. The van der Waals surface area contributed by atoms with Crippen molar-refractivity contribution in [2.75, 3.05) is 20.3 Å². The molecule has 3 aliphatic heterocycles. The van der Waals surface area contributed by atoms with Crippen LogP contribution in [0.3, 0.4) is 0 Å². The Morgan fingerprint density at radius 2 is 1.95 bits per heavy atom. The van der Waals surface area contributed by atoms with Crippen LogP contribution in [0.5, 0.6) is 0 Å². The Bertz CT molecular complexity index is 492. The van der Waals surface area contributed by atoms with Crippen LogP contribution in [-0.2, 0) is 4.74 Å². The predicted molar refractivity (Wildman–Crippen MR) is 75.0 cm³/mol. The molecule has 3 fully saturated rings. The number of hydrogen-bond acceptors (Lipinski definition) is 6. The van der Waals surface area contributed by atoms with Crippen molar-refractivity contribution in [3.63, 3.8) is 0 Å². The molecule has 0 radical (unpaired) electrons. The first kappa shape index (κ1) is 13.7. The second kappa shape index (κ2) is 5.34. The molecule has 0 aromatic carbocycles. The van der Waals surface area contributed by atoms with Crippen LogP contribution in [0.4, 0.5) is 0 Å². The molecule has 21 heavy (non-hydrogen) atoms. The van der Waals surface area contributed by atoms with Gasteiger partial charge in [-0.1, -0.05) is 5.16 Å². The van der Waals surface area contributed by atoms with Gasteiger partial charge in [0.05, 0.1) is 18.6 Å². The summed E-state index contributed by atoms with van der Waals surface area (Å²) in [5.74, 6) is 1.61. The van der Waals surface area contributed by atoms with Crippen molar-refractivity contribution in [1.29, 1.82) is 0 Å². The molecule has 1 N–H and O–H groups in total. The van der Waals surface area contributed by atoms with Gasteiger partial charge in [-0.3, -0.25) is 0 Å². The first-order chi connectivity index (χ1) is 10.2. The number of piperidine rings is 1. The summed E-state index contributed by atoms with van der Waals surface area (Å²) in [6.45, 7) is 1.08. The van der Waals surface area contributed by atoms with E-state index in [4.69, 9.17) is 9.26 Å². The zero-order valence-corrected chi connectivity index (χ0v) is 12.4. The zero-order chi connectivity index (χ0) is 14.4. The van der Waals surface area contributed by atoms with Gasteiger partial charge in [-0.15, -0.1) is 0 Å². The third-order valence-electron chi connectivity index (χ3n) is 5.56. The van der Waals surface area contributed by atoms with Gasteiger partial charge in [-0.25, -0.2) is 0 Å². The van der Waals surface area contributed by atoms with Gasteiger partial charge in [0.2, 0.25) is 5.89 Å². The average molecular weight is 293 g/mol. The molecular formula is C15H23N3O3. The number of fused-ring (bicyclic) bond motifs is 2. The van der Waals surface area contributed by atoms with E-state index in [9.17, 15) is 5.11 Å².